The van der Waals surface area contributed by atoms with E-state index in [9.17, 15) is 4.79 Å². The normalized spacial score (nSPS) is 16.9. The van der Waals surface area contributed by atoms with E-state index in [0.717, 1.165) is 28.3 Å². The zero-order chi connectivity index (χ0) is 17.9. The van der Waals surface area contributed by atoms with Crippen LogP contribution in [0.4, 0.5) is 0 Å². The van der Waals surface area contributed by atoms with Crippen molar-refractivity contribution in [3.8, 4) is 5.75 Å². The minimum Gasteiger partial charge on any atom is -0.484 e. The molecule has 136 valence electrons. The highest BCUT2D eigenvalue weighted by molar-refractivity contribution is 7.18. The van der Waals surface area contributed by atoms with Crippen molar-refractivity contribution in [2.75, 3.05) is 19.8 Å². The molecule has 0 aliphatic carbocycles. The summed E-state index contributed by atoms with van der Waals surface area (Å²) in [7, 11) is 0. The summed E-state index contributed by atoms with van der Waals surface area (Å²) in [5.74, 6) is 1.17. The molecule has 1 fully saturated rings. The zero-order valence-electron chi connectivity index (χ0n) is 14.4. The molecule has 3 aromatic rings. The van der Waals surface area contributed by atoms with Crippen LogP contribution in [0.5, 0.6) is 5.75 Å². The van der Waals surface area contributed by atoms with Gasteiger partial charge in [-0.3, -0.25) is 4.79 Å². The molecule has 3 heterocycles. The third-order valence-corrected chi connectivity index (χ3v) is 5.14. The van der Waals surface area contributed by atoms with E-state index in [-0.39, 0.29) is 18.2 Å². The van der Waals surface area contributed by atoms with Crippen molar-refractivity contribution in [3.63, 3.8) is 0 Å². The van der Waals surface area contributed by atoms with Crippen LogP contribution in [0.3, 0.4) is 0 Å². The Hall–Kier alpha value is -2.45. The maximum atomic E-state index is 12.1. The average Bonchev–Trinajstić information content (AvgIpc) is 3.37. The average molecular weight is 373 g/mol. The smallest absolute Gasteiger partial charge is 0.273 e. The fraction of sp³-hybridized carbons (Fsp3) is 0.389. The van der Waals surface area contributed by atoms with Gasteiger partial charge < -0.3 is 19.2 Å². The first kappa shape index (κ1) is 17.0. The quantitative estimate of drug-likeness (QED) is 0.715. The highest BCUT2D eigenvalue weighted by Gasteiger charge is 2.18. The number of hydrogen-bond acceptors (Lipinski definition) is 7. The lowest BCUT2D eigenvalue weighted by Gasteiger charge is -2.07. The van der Waals surface area contributed by atoms with Crippen LogP contribution in [-0.4, -0.2) is 35.6 Å². The third-order valence-electron chi connectivity index (χ3n) is 4.19. The Kier molecular flexibility index (Phi) is 4.85. The van der Waals surface area contributed by atoms with Crippen molar-refractivity contribution < 1.29 is 18.7 Å². The number of fused-ring (bicyclic) bond motifs is 1. The Morgan fingerprint density at radius 1 is 1.42 bits per heavy atom. The van der Waals surface area contributed by atoms with Gasteiger partial charge in [-0.15, -0.1) is 11.3 Å². The molecule has 1 saturated heterocycles. The summed E-state index contributed by atoms with van der Waals surface area (Å²) in [6.45, 7) is 4.17. The number of nitrogens with zero attached hydrogens (tertiary/aromatic N) is 2. The van der Waals surface area contributed by atoms with Crippen molar-refractivity contribution in [3.05, 3.63) is 41.1 Å². The van der Waals surface area contributed by atoms with Crippen LogP contribution in [0.2, 0.25) is 0 Å². The summed E-state index contributed by atoms with van der Waals surface area (Å²) in [6, 6.07) is 5.76. The van der Waals surface area contributed by atoms with Crippen LogP contribution in [0.15, 0.2) is 28.9 Å². The van der Waals surface area contributed by atoms with Gasteiger partial charge in [0.1, 0.15) is 12.0 Å². The van der Waals surface area contributed by atoms with Gasteiger partial charge >= 0.3 is 0 Å². The van der Waals surface area contributed by atoms with Crippen molar-refractivity contribution in [2.24, 2.45) is 5.92 Å². The summed E-state index contributed by atoms with van der Waals surface area (Å²) in [5, 5.41) is 3.88. The van der Waals surface area contributed by atoms with Crippen molar-refractivity contribution in [1.29, 1.82) is 0 Å². The van der Waals surface area contributed by atoms with E-state index in [1.165, 1.54) is 6.26 Å². The van der Waals surface area contributed by atoms with Crippen LogP contribution >= 0.6 is 11.3 Å². The number of hydrogen-bond donors (Lipinski definition) is 1. The minimum absolute atomic E-state index is 0.151. The number of thiazole rings is 1. The Labute approximate surface area is 154 Å². The molecular weight excluding hydrogens is 354 g/mol. The van der Waals surface area contributed by atoms with E-state index in [4.69, 9.17) is 13.9 Å². The van der Waals surface area contributed by atoms with E-state index >= 15 is 0 Å². The van der Waals surface area contributed by atoms with Crippen molar-refractivity contribution in [1.82, 2.24) is 15.3 Å². The van der Waals surface area contributed by atoms with Gasteiger partial charge in [-0.1, -0.05) is 0 Å². The van der Waals surface area contributed by atoms with Gasteiger partial charge in [-0.25, -0.2) is 9.97 Å². The number of benzene rings is 1. The molecule has 2 aromatic heterocycles. The Balaban J connectivity index is 1.32. The van der Waals surface area contributed by atoms with E-state index in [1.807, 2.05) is 25.1 Å². The maximum absolute atomic E-state index is 12.1. The molecule has 0 radical (unpaired) electrons. The van der Waals surface area contributed by atoms with E-state index in [1.54, 1.807) is 11.3 Å². The Morgan fingerprint density at radius 2 is 2.35 bits per heavy atom. The van der Waals surface area contributed by atoms with Gasteiger partial charge in [0.2, 0.25) is 5.89 Å². The number of carbonyl (C=O) groups excluding carboxylic acids is 1. The van der Waals surface area contributed by atoms with Gasteiger partial charge in [-0.05, 0) is 25.5 Å². The molecule has 1 N–H and O–H groups in total. The number of aryl methyl sites for hydroxylation is 1. The fourth-order valence-corrected chi connectivity index (χ4v) is 3.62. The third kappa shape index (κ3) is 3.86. The molecule has 0 bridgehead atoms. The predicted octanol–water partition coefficient (Wildman–Crippen LogP) is 2.94. The molecule has 1 aliphatic heterocycles. The second-order valence-corrected chi connectivity index (χ2v) is 7.45. The number of ether oxygens (including phenoxy) is 2. The van der Waals surface area contributed by atoms with Gasteiger partial charge in [0, 0.05) is 25.1 Å². The van der Waals surface area contributed by atoms with Gasteiger partial charge in [0.05, 0.1) is 21.8 Å². The molecule has 8 heteroatoms. The molecule has 0 unspecified atom stereocenters. The Bertz CT molecular complexity index is 914. The van der Waals surface area contributed by atoms with E-state index in [0.29, 0.717) is 30.7 Å². The monoisotopic (exact) mass is 373 g/mol. The topological polar surface area (TPSA) is 86.5 Å². The van der Waals surface area contributed by atoms with Gasteiger partial charge in [0.15, 0.2) is 12.3 Å². The standard InChI is InChI=1S/C18H19N3O4S/c1-11-20-14-6-13(2-3-16(14)26-11)24-10-17-21-15(9-25-17)18(22)19-7-12-4-5-23-8-12/h2-3,6,9,12H,4-5,7-8,10H2,1H3,(H,19,22)/t12-/m0/s1. The minimum atomic E-state index is -0.244. The van der Waals surface area contributed by atoms with E-state index < -0.39 is 0 Å². The summed E-state index contributed by atoms with van der Waals surface area (Å²) in [5.41, 5.74) is 1.17. The van der Waals surface area contributed by atoms with Crippen LogP contribution in [-0.2, 0) is 11.3 Å². The molecule has 1 amide bonds. The second kappa shape index (κ2) is 7.43. The first-order valence-corrected chi connectivity index (χ1v) is 9.29. The number of amides is 1. The van der Waals surface area contributed by atoms with Crippen LogP contribution in [0, 0.1) is 12.8 Å². The first-order chi connectivity index (χ1) is 12.7. The van der Waals surface area contributed by atoms with Gasteiger partial charge in [-0.2, -0.15) is 0 Å². The SMILES string of the molecule is Cc1nc2cc(OCc3nc(C(=O)NC[C@@H]4CCOC4)co3)ccc2s1. The number of carbonyl (C=O) groups is 1. The highest BCUT2D eigenvalue weighted by atomic mass is 32.1. The maximum Gasteiger partial charge on any atom is 0.273 e. The van der Waals surface area contributed by atoms with Crippen molar-refractivity contribution >= 4 is 27.5 Å². The summed E-state index contributed by atoms with van der Waals surface area (Å²) in [6.07, 6.45) is 2.33. The highest BCUT2D eigenvalue weighted by Crippen LogP contribution is 2.26. The lowest BCUT2D eigenvalue weighted by atomic mass is 10.1. The van der Waals surface area contributed by atoms with E-state index in [2.05, 4.69) is 15.3 Å². The summed E-state index contributed by atoms with van der Waals surface area (Å²) >= 11 is 1.65. The largest absolute Gasteiger partial charge is 0.484 e. The molecule has 1 aliphatic rings. The second-order valence-electron chi connectivity index (χ2n) is 6.22. The van der Waals surface area contributed by atoms with Crippen LogP contribution in [0.25, 0.3) is 10.2 Å². The molecule has 1 atom stereocenters. The summed E-state index contributed by atoms with van der Waals surface area (Å²) < 4.78 is 17.5. The first-order valence-electron chi connectivity index (χ1n) is 8.48. The fourth-order valence-electron chi connectivity index (χ4n) is 2.81. The van der Waals surface area contributed by atoms with Crippen LogP contribution < -0.4 is 10.1 Å². The summed E-state index contributed by atoms with van der Waals surface area (Å²) in [4.78, 5) is 20.8. The number of rotatable bonds is 6. The lowest BCUT2D eigenvalue weighted by molar-refractivity contribution is 0.0940. The molecule has 0 spiro atoms. The zero-order valence-corrected chi connectivity index (χ0v) is 15.2. The Morgan fingerprint density at radius 3 is 3.19 bits per heavy atom. The number of nitrogens with one attached hydrogen (secondary N) is 1. The lowest BCUT2D eigenvalue weighted by Crippen LogP contribution is -2.29. The molecule has 0 saturated carbocycles. The van der Waals surface area contributed by atoms with Crippen molar-refractivity contribution in [2.45, 2.75) is 20.0 Å². The predicted molar refractivity (Wildman–Crippen MR) is 96.5 cm³/mol. The molecule has 7 nitrogen and oxygen atoms in total. The molecule has 26 heavy (non-hydrogen) atoms. The molecule has 4 rings (SSSR count). The van der Waals surface area contributed by atoms with Crippen LogP contribution in [0.1, 0.15) is 27.8 Å². The number of oxazole rings is 1. The van der Waals surface area contributed by atoms with Gasteiger partial charge in [0.25, 0.3) is 5.91 Å². The number of aromatic nitrogens is 2. The molecule has 1 aromatic carbocycles. The molecular formula is C18H19N3O4S.